The van der Waals surface area contributed by atoms with Crippen LogP contribution in [0, 0.1) is 0 Å². The number of amides is 3. The Labute approximate surface area is 242 Å². The summed E-state index contributed by atoms with van der Waals surface area (Å²) in [6.07, 6.45) is 1.53. The summed E-state index contributed by atoms with van der Waals surface area (Å²) in [6.45, 7) is -0.322. The quantitative estimate of drug-likeness (QED) is 0.265. The summed E-state index contributed by atoms with van der Waals surface area (Å²) in [4.78, 5) is 39.1. The maximum atomic E-state index is 13.0. The maximum Gasteiger partial charge on any atom is 0.293 e. The number of carbonyl (C=O) groups is 3. The fraction of sp³-hybridized carbons (Fsp3) is 0.115. The van der Waals surface area contributed by atoms with E-state index in [9.17, 15) is 14.4 Å². The molecule has 38 heavy (non-hydrogen) atoms. The van der Waals surface area contributed by atoms with E-state index in [0.29, 0.717) is 31.9 Å². The molecule has 3 aromatic carbocycles. The van der Waals surface area contributed by atoms with Gasteiger partial charge in [0.15, 0.2) is 18.1 Å². The average Bonchev–Trinajstić information content (AvgIpc) is 3.13. The van der Waals surface area contributed by atoms with Gasteiger partial charge in [-0.15, -0.1) is 0 Å². The van der Waals surface area contributed by atoms with Gasteiger partial charge in [0.2, 0.25) is 0 Å². The zero-order valence-electron chi connectivity index (χ0n) is 19.6. The van der Waals surface area contributed by atoms with E-state index in [0.717, 1.165) is 16.7 Å². The lowest BCUT2D eigenvalue weighted by Crippen LogP contribution is -2.27. The van der Waals surface area contributed by atoms with Crippen molar-refractivity contribution in [1.29, 1.82) is 0 Å². The van der Waals surface area contributed by atoms with Crippen molar-refractivity contribution >= 4 is 87.0 Å². The first-order valence-corrected chi connectivity index (χ1v) is 13.2. The van der Waals surface area contributed by atoms with E-state index >= 15 is 0 Å². The molecule has 3 amide bonds. The Morgan fingerprint density at radius 1 is 0.974 bits per heavy atom. The van der Waals surface area contributed by atoms with Crippen molar-refractivity contribution in [3.05, 3.63) is 90.7 Å². The monoisotopic (exact) mass is 610 g/mol. The van der Waals surface area contributed by atoms with E-state index < -0.39 is 17.1 Å². The van der Waals surface area contributed by atoms with Crippen LogP contribution in [0.15, 0.2) is 59.5 Å². The van der Waals surface area contributed by atoms with Crippen molar-refractivity contribution in [1.82, 2.24) is 4.90 Å². The van der Waals surface area contributed by atoms with Crippen molar-refractivity contribution in [2.45, 2.75) is 6.54 Å². The average molecular weight is 612 g/mol. The number of anilines is 1. The molecule has 0 bridgehead atoms. The third-order valence-corrected chi connectivity index (χ3v) is 7.27. The van der Waals surface area contributed by atoms with Gasteiger partial charge in [-0.1, -0.05) is 52.5 Å². The highest BCUT2D eigenvalue weighted by Crippen LogP contribution is 2.39. The number of imide groups is 1. The molecule has 0 atom stereocenters. The molecule has 1 aliphatic rings. The molecule has 7 nitrogen and oxygen atoms in total. The molecule has 4 rings (SSSR count). The van der Waals surface area contributed by atoms with E-state index in [1.807, 2.05) is 0 Å². The Hall–Kier alpha value is -2.88. The van der Waals surface area contributed by atoms with Crippen LogP contribution in [0.4, 0.5) is 10.5 Å². The zero-order chi connectivity index (χ0) is 27.4. The zero-order valence-corrected chi connectivity index (χ0v) is 23.4. The lowest BCUT2D eigenvalue weighted by Gasteiger charge is -2.14. The van der Waals surface area contributed by atoms with Crippen molar-refractivity contribution in [2.75, 3.05) is 19.0 Å². The van der Waals surface area contributed by atoms with Gasteiger partial charge in [-0.2, -0.15) is 0 Å². The summed E-state index contributed by atoms with van der Waals surface area (Å²) in [6, 6.07) is 14.6. The highest BCUT2D eigenvalue weighted by molar-refractivity contribution is 8.18. The van der Waals surface area contributed by atoms with E-state index in [2.05, 4.69) is 5.32 Å². The molecule has 1 heterocycles. The van der Waals surface area contributed by atoms with Gasteiger partial charge >= 0.3 is 0 Å². The highest BCUT2D eigenvalue weighted by Gasteiger charge is 2.35. The molecule has 1 saturated heterocycles. The Morgan fingerprint density at radius 2 is 1.68 bits per heavy atom. The summed E-state index contributed by atoms with van der Waals surface area (Å²) in [5.41, 5.74) is 1.65. The van der Waals surface area contributed by atoms with Crippen molar-refractivity contribution in [3.63, 3.8) is 0 Å². The fourth-order valence-corrected chi connectivity index (χ4v) is 5.15. The predicted octanol–water partition coefficient (Wildman–Crippen LogP) is 7.56. The first kappa shape index (κ1) is 28.1. The van der Waals surface area contributed by atoms with Gasteiger partial charge in [0, 0.05) is 20.8 Å². The molecule has 0 saturated carbocycles. The van der Waals surface area contributed by atoms with Gasteiger partial charge in [0.1, 0.15) is 0 Å². The van der Waals surface area contributed by atoms with Crippen molar-refractivity contribution in [2.24, 2.45) is 0 Å². The number of nitrogens with zero attached hydrogens (tertiary/aromatic N) is 1. The number of rotatable bonds is 8. The third-order valence-electron chi connectivity index (χ3n) is 5.24. The van der Waals surface area contributed by atoms with E-state index in [1.165, 1.54) is 13.2 Å². The lowest BCUT2D eigenvalue weighted by atomic mass is 10.1. The second kappa shape index (κ2) is 12.3. The van der Waals surface area contributed by atoms with Crippen LogP contribution in [-0.4, -0.2) is 35.7 Å². The van der Waals surface area contributed by atoms with Gasteiger partial charge in [-0.25, -0.2) is 0 Å². The smallest absolute Gasteiger partial charge is 0.293 e. The first-order valence-electron chi connectivity index (χ1n) is 10.9. The number of hydrogen-bond donors (Lipinski definition) is 1. The molecule has 3 aromatic rings. The molecule has 0 unspecified atom stereocenters. The Bertz CT molecular complexity index is 1450. The molecule has 12 heteroatoms. The molecule has 1 fully saturated rings. The second-order valence-electron chi connectivity index (χ2n) is 7.88. The van der Waals surface area contributed by atoms with Gasteiger partial charge in [0.05, 0.1) is 23.6 Å². The third kappa shape index (κ3) is 6.76. The number of hydrogen-bond acceptors (Lipinski definition) is 6. The number of ether oxygens (including phenoxy) is 2. The van der Waals surface area contributed by atoms with Gasteiger partial charge in [-0.05, 0) is 77.5 Å². The van der Waals surface area contributed by atoms with Crippen molar-refractivity contribution < 1.29 is 23.9 Å². The molecular formula is C26H18Cl4N2O5S. The molecule has 0 radical (unpaired) electrons. The lowest BCUT2D eigenvalue weighted by molar-refractivity contribution is -0.123. The minimum atomic E-state index is -0.472. The fourth-order valence-electron chi connectivity index (χ4n) is 3.44. The molecule has 196 valence electrons. The number of thioether (sulfide) groups is 1. The summed E-state index contributed by atoms with van der Waals surface area (Å²) >= 11 is 25.2. The van der Waals surface area contributed by atoms with Crippen LogP contribution >= 0.6 is 58.2 Å². The molecule has 1 N–H and O–H groups in total. The van der Waals surface area contributed by atoms with Gasteiger partial charge in [-0.3, -0.25) is 19.3 Å². The second-order valence-corrected chi connectivity index (χ2v) is 10.6. The number of benzene rings is 3. The minimum Gasteiger partial charge on any atom is -0.493 e. The van der Waals surface area contributed by atoms with E-state index in [1.54, 1.807) is 54.6 Å². The van der Waals surface area contributed by atoms with E-state index in [-0.39, 0.29) is 34.6 Å². The summed E-state index contributed by atoms with van der Waals surface area (Å²) in [5, 5.41) is 3.76. The van der Waals surface area contributed by atoms with Crippen LogP contribution in [0.1, 0.15) is 11.1 Å². The van der Waals surface area contributed by atoms with Crippen molar-refractivity contribution in [3.8, 4) is 11.5 Å². The Balaban J connectivity index is 1.47. The van der Waals surface area contributed by atoms with Crippen LogP contribution in [0.2, 0.25) is 20.1 Å². The molecule has 0 aromatic heterocycles. The molecule has 0 spiro atoms. The van der Waals surface area contributed by atoms with E-state index in [4.69, 9.17) is 55.9 Å². The first-order chi connectivity index (χ1) is 18.1. The van der Waals surface area contributed by atoms with Crippen LogP contribution in [-0.2, 0) is 16.1 Å². The SMILES string of the molecule is COc1cc(/C=C2\SC(=O)N(Cc3ccc(Cl)cc3Cl)C2=O)cc(Cl)c1OCC(=O)Nc1ccc(Cl)cc1. The Morgan fingerprint density at radius 3 is 2.37 bits per heavy atom. The summed E-state index contributed by atoms with van der Waals surface area (Å²) in [7, 11) is 1.42. The highest BCUT2D eigenvalue weighted by atomic mass is 35.5. The van der Waals surface area contributed by atoms with Crippen LogP contribution in [0.3, 0.4) is 0 Å². The number of carbonyl (C=O) groups excluding carboxylic acids is 3. The predicted molar refractivity (Wildman–Crippen MR) is 152 cm³/mol. The minimum absolute atomic E-state index is 0.00689. The van der Waals surface area contributed by atoms with Crippen LogP contribution < -0.4 is 14.8 Å². The molecular weight excluding hydrogens is 594 g/mol. The number of halogens is 4. The van der Waals surface area contributed by atoms with Crippen LogP contribution in [0.25, 0.3) is 6.08 Å². The Kier molecular flexibility index (Phi) is 9.12. The van der Waals surface area contributed by atoms with Crippen LogP contribution in [0.5, 0.6) is 11.5 Å². The standard InChI is InChI=1S/C26H18Cl4N2O5S/c1-36-21-9-14(8-20(30)24(21)37-13-23(33)31-18-6-4-16(27)5-7-18)10-22-25(34)32(26(35)38-22)12-15-2-3-17(28)11-19(15)29/h2-11H,12-13H2,1H3,(H,31,33)/b22-10-. The summed E-state index contributed by atoms with van der Waals surface area (Å²) in [5.74, 6) is -0.484. The molecule has 1 aliphatic heterocycles. The number of methoxy groups -OCH3 is 1. The number of nitrogens with one attached hydrogen (secondary N) is 1. The molecule has 0 aliphatic carbocycles. The van der Waals surface area contributed by atoms with Gasteiger partial charge < -0.3 is 14.8 Å². The van der Waals surface area contributed by atoms with Gasteiger partial charge in [0.25, 0.3) is 17.1 Å². The topological polar surface area (TPSA) is 84.9 Å². The normalized spacial score (nSPS) is 14.2. The summed E-state index contributed by atoms with van der Waals surface area (Å²) < 4.78 is 11.0. The largest absolute Gasteiger partial charge is 0.493 e. The maximum absolute atomic E-state index is 13.0.